The molecule has 8 heteroatoms. The summed E-state index contributed by atoms with van der Waals surface area (Å²) in [5, 5.41) is 13.2. The zero-order chi connectivity index (χ0) is 24.9. The molecule has 1 aliphatic heterocycles. The number of nitrogens with one attached hydrogen (secondary N) is 1. The standard InChI is InChI=1S/C27H21Cl2N3O2S/c1-2-17-11-13-19(14-12-17)31-25(33)21(16-30)27-32(20-8-4-3-5-9-20)26(34)23(35-27)15-18-7-6-10-22(28)24(18)29/h3-14,23H,2,15H2,1H3,(H,31,33)/b27-21+. The van der Waals surface area contributed by atoms with Gasteiger partial charge < -0.3 is 5.32 Å². The van der Waals surface area contributed by atoms with Crippen LogP contribution in [0.25, 0.3) is 0 Å². The van der Waals surface area contributed by atoms with Crippen LogP contribution in [0.4, 0.5) is 11.4 Å². The zero-order valence-corrected chi connectivity index (χ0v) is 21.1. The van der Waals surface area contributed by atoms with Gasteiger partial charge in [0.25, 0.3) is 5.91 Å². The molecule has 3 aromatic rings. The van der Waals surface area contributed by atoms with Crippen molar-refractivity contribution in [2.75, 3.05) is 10.2 Å². The number of rotatable bonds is 6. The number of nitriles is 1. The number of carbonyl (C=O) groups excluding carboxylic acids is 2. The maximum absolute atomic E-state index is 13.5. The fourth-order valence-electron chi connectivity index (χ4n) is 3.72. The van der Waals surface area contributed by atoms with Crippen LogP contribution in [-0.2, 0) is 22.4 Å². The number of thioether (sulfide) groups is 1. The van der Waals surface area contributed by atoms with E-state index in [9.17, 15) is 14.9 Å². The molecule has 0 bridgehead atoms. The van der Waals surface area contributed by atoms with E-state index in [1.54, 1.807) is 48.5 Å². The third kappa shape index (κ3) is 5.38. The van der Waals surface area contributed by atoms with Gasteiger partial charge in [-0.25, -0.2) is 0 Å². The van der Waals surface area contributed by atoms with Crippen molar-refractivity contribution in [3.8, 4) is 6.07 Å². The van der Waals surface area contributed by atoms with Gasteiger partial charge in [0.15, 0.2) is 0 Å². The van der Waals surface area contributed by atoms with E-state index < -0.39 is 11.2 Å². The summed E-state index contributed by atoms with van der Waals surface area (Å²) < 4.78 is 0. The Labute approximate surface area is 218 Å². The highest BCUT2D eigenvalue weighted by molar-refractivity contribution is 8.05. The summed E-state index contributed by atoms with van der Waals surface area (Å²) in [6.45, 7) is 2.05. The van der Waals surface area contributed by atoms with E-state index in [1.807, 2.05) is 37.3 Å². The van der Waals surface area contributed by atoms with Crippen LogP contribution in [-0.4, -0.2) is 17.1 Å². The fraction of sp³-hybridized carbons (Fsp3) is 0.148. The van der Waals surface area contributed by atoms with E-state index in [2.05, 4.69) is 5.32 Å². The normalized spacial score (nSPS) is 16.7. The molecule has 0 spiro atoms. The van der Waals surface area contributed by atoms with E-state index in [-0.39, 0.29) is 16.5 Å². The average Bonchev–Trinajstić information content (AvgIpc) is 3.18. The van der Waals surface area contributed by atoms with Crippen molar-refractivity contribution in [2.24, 2.45) is 0 Å². The largest absolute Gasteiger partial charge is 0.321 e. The molecule has 3 aromatic carbocycles. The summed E-state index contributed by atoms with van der Waals surface area (Å²) in [7, 11) is 0. The van der Waals surface area contributed by atoms with Gasteiger partial charge in [-0.05, 0) is 54.3 Å². The van der Waals surface area contributed by atoms with Crippen molar-refractivity contribution in [3.63, 3.8) is 0 Å². The van der Waals surface area contributed by atoms with E-state index in [0.29, 0.717) is 27.8 Å². The minimum Gasteiger partial charge on any atom is -0.321 e. The number of carbonyl (C=O) groups is 2. The quantitative estimate of drug-likeness (QED) is 0.292. The molecule has 0 saturated carbocycles. The molecule has 0 aliphatic carbocycles. The number of halogens is 2. The van der Waals surface area contributed by atoms with Gasteiger partial charge in [0.2, 0.25) is 5.91 Å². The van der Waals surface area contributed by atoms with Gasteiger partial charge in [-0.2, -0.15) is 5.26 Å². The number of nitrogens with zero attached hydrogens (tertiary/aromatic N) is 2. The molecule has 4 rings (SSSR count). The van der Waals surface area contributed by atoms with Crippen molar-refractivity contribution in [1.29, 1.82) is 5.26 Å². The Morgan fingerprint density at radius 1 is 1.06 bits per heavy atom. The predicted octanol–water partition coefficient (Wildman–Crippen LogP) is 6.62. The lowest BCUT2D eigenvalue weighted by Gasteiger charge is -2.18. The molecule has 1 atom stereocenters. The highest BCUT2D eigenvalue weighted by atomic mass is 35.5. The number of amides is 2. The summed E-state index contributed by atoms with van der Waals surface area (Å²) in [5.74, 6) is -0.811. The van der Waals surface area contributed by atoms with Gasteiger partial charge in [-0.15, -0.1) is 0 Å². The molecule has 2 amide bonds. The second-order valence-electron chi connectivity index (χ2n) is 7.83. The Morgan fingerprint density at radius 2 is 1.77 bits per heavy atom. The van der Waals surface area contributed by atoms with Crippen LogP contribution in [0.5, 0.6) is 0 Å². The van der Waals surface area contributed by atoms with Crippen molar-refractivity contribution < 1.29 is 9.59 Å². The molecule has 1 aliphatic rings. The van der Waals surface area contributed by atoms with E-state index in [4.69, 9.17) is 23.2 Å². The summed E-state index contributed by atoms with van der Waals surface area (Å²) in [5.41, 5.74) is 2.87. The Hall–Kier alpha value is -3.24. The molecule has 35 heavy (non-hydrogen) atoms. The second kappa shape index (κ2) is 11.0. The fourth-order valence-corrected chi connectivity index (χ4v) is 5.41. The predicted molar refractivity (Wildman–Crippen MR) is 143 cm³/mol. The molecule has 1 fully saturated rings. The van der Waals surface area contributed by atoms with Crippen molar-refractivity contribution >= 4 is 58.2 Å². The zero-order valence-electron chi connectivity index (χ0n) is 18.8. The number of para-hydroxylation sites is 1. The Balaban J connectivity index is 1.70. The molecule has 1 unspecified atom stereocenters. The summed E-state index contributed by atoms with van der Waals surface area (Å²) in [4.78, 5) is 28.1. The van der Waals surface area contributed by atoms with Gasteiger partial charge in [0.1, 0.15) is 16.7 Å². The molecular weight excluding hydrogens is 501 g/mol. The number of anilines is 2. The SMILES string of the molecule is CCc1ccc(NC(=O)/C(C#N)=C2/SC(Cc3cccc(Cl)c3Cl)C(=O)N2c2ccccc2)cc1. The minimum atomic E-state index is -0.582. The van der Waals surface area contributed by atoms with Crippen LogP contribution < -0.4 is 10.2 Å². The van der Waals surface area contributed by atoms with Gasteiger partial charge in [0, 0.05) is 11.4 Å². The number of hydrogen-bond acceptors (Lipinski definition) is 4. The van der Waals surface area contributed by atoms with Crippen LogP contribution in [0.2, 0.25) is 10.0 Å². The first kappa shape index (κ1) is 24.9. The van der Waals surface area contributed by atoms with E-state index >= 15 is 0 Å². The first-order chi connectivity index (χ1) is 16.9. The summed E-state index contributed by atoms with van der Waals surface area (Å²) in [6, 6.07) is 23.7. The van der Waals surface area contributed by atoms with E-state index in [0.717, 1.165) is 17.5 Å². The first-order valence-electron chi connectivity index (χ1n) is 11.0. The van der Waals surface area contributed by atoms with Crippen molar-refractivity contribution in [1.82, 2.24) is 0 Å². The number of benzene rings is 3. The lowest BCUT2D eigenvalue weighted by molar-refractivity contribution is -0.117. The molecular formula is C27H21Cl2N3O2S. The minimum absolute atomic E-state index is 0.133. The summed E-state index contributed by atoms with van der Waals surface area (Å²) in [6.07, 6.45) is 1.18. The molecule has 0 radical (unpaired) electrons. The Kier molecular flexibility index (Phi) is 7.82. The van der Waals surface area contributed by atoms with Crippen LogP contribution in [0.15, 0.2) is 83.4 Å². The second-order valence-corrected chi connectivity index (χ2v) is 9.81. The van der Waals surface area contributed by atoms with Gasteiger partial charge in [-0.3, -0.25) is 14.5 Å². The lowest BCUT2D eigenvalue weighted by atomic mass is 10.1. The first-order valence-corrected chi connectivity index (χ1v) is 12.6. The topological polar surface area (TPSA) is 73.2 Å². The third-order valence-electron chi connectivity index (χ3n) is 5.58. The monoisotopic (exact) mass is 521 g/mol. The maximum Gasteiger partial charge on any atom is 0.269 e. The molecule has 5 nitrogen and oxygen atoms in total. The van der Waals surface area contributed by atoms with Crippen LogP contribution in [0.1, 0.15) is 18.1 Å². The van der Waals surface area contributed by atoms with Crippen molar-refractivity contribution in [3.05, 3.63) is 105 Å². The van der Waals surface area contributed by atoms with Crippen LogP contribution in [0.3, 0.4) is 0 Å². The molecule has 0 aromatic heterocycles. The van der Waals surface area contributed by atoms with Gasteiger partial charge >= 0.3 is 0 Å². The van der Waals surface area contributed by atoms with Gasteiger partial charge in [-0.1, -0.05) is 84.4 Å². The Morgan fingerprint density at radius 3 is 2.43 bits per heavy atom. The highest BCUT2D eigenvalue weighted by Gasteiger charge is 2.41. The molecule has 1 saturated heterocycles. The Bertz CT molecular complexity index is 1330. The maximum atomic E-state index is 13.5. The van der Waals surface area contributed by atoms with E-state index in [1.165, 1.54) is 16.7 Å². The van der Waals surface area contributed by atoms with Crippen LogP contribution in [0, 0.1) is 11.3 Å². The molecule has 1 N–H and O–H groups in total. The summed E-state index contributed by atoms with van der Waals surface area (Å²) >= 11 is 13.7. The average molecular weight is 522 g/mol. The lowest BCUT2D eigenvalue weighted by Crippen LogP contribution is -2.31. The molecule has 176 valence electrons. The van der Waals surface area contributed by atoms with Crippen molar-refractivity contribution in [2.45, 2.75) is 25.0 Å². The third-order valence-corrected chi connectivity index (χ3v) is 7.70. The number of aryl methyl sites for hydroxylation is 1. The molecule has 1 heterocycles. The highest BCUT2D eigenvalue weighted by Crippen LogP contribution is 2.43. The van der Waals surface area contributed by atoms with Crippen LogP contribution >= 0.6 is 35.0 Å². The number of hydrogen-bond donors (Lipinski definition) is 1. The van der Waals surface area contributed by atoms with Gasteiger partial charge in [0.05, 0.1) is 15.3 Å². The smallest absolute Gasteiger partial charge is 0.269 e.